The first-order valence-corrected chi connectivity index (χ1v) is 20.7. The number of urea groups is 1. The molecule has 55 heavy (non-hydrogen) atoms. The van der Waals surface area contributed by atoms with Crippen LogP contribution in [0, 0.1) is 39.4 Å². The number of nitrogens with zero attached hydrogens (tertiary/aromatic N) is 2. The molecule has 0 aromatic rings. The first-order valence-electron chi connectivity index (χ1n) is 20.7. The molecule has 3 saturated carbocycles. The number of fused-ring (bicyclic) bond motifs is 1. The molecule has 1 aliphatic heterocycles. The van der Waals surface area contributed by atoms with Gasteiger partial charge in [-0.2, -0.15) is 0 Å². The van der Waals surface area contributed by atoms with Gasteiger partial charge in [-0.25, -0.2) is 4.79 Å². The number of carbonyl (C=O) groups is 7. The van der Waals surface area contributed by atoms with Gasteiger partial charge in [0, 0.05) is 26.4 Å². The van der Waals surface area contributed by atoms with Gasteiger partial charge in [0.05, 0.1) is 12.1 Å². The molecule has 4 rings (SSSR count). The maximum absolute atomic E-state index is 15.1. The molecule has 3 aliphatic carbocycles. The first-order chi connectivity index (χ1) is 25.3. The number of carbonyl (C=O) groups excluding carboxylic acids is 7. The molecule has 7 amide bonds. The normalized spacial score (nSPS) is 25.1. The molecule has 0 spiro atoms. The number of hydrogen-bond acceptors (Lipinski definition) is 7. The van der Waals surface area contributed by atoms with Gasteiger partial charge in [0.2, 0.25) is 29.4 Å². The third-order valence-electron chi connectivity index (χ3n) is 13.3. The third kappa shape index (κ3) is 10.7. The van der Waals surface area contributed by atoms with Crippen molar-refractivity contribution in [1.82, 2.24) is 25.8 Å². The summed E-state index contributed by atoms with van der Waals surface area (Å²) in [6.45, 7) is 19.5. The molecule has 4 fully saturated rings. The molecule has 0 radical (unpaired) electrons. The van der Waals surface area contributed by atoms with Crippen molar-refractivity contribution in [2.75, 3.05) is 13.1 Å². The van der Waals surface area contributed by atoms with Crippen LogP contribution in [0.1, 0.15) is 146 Å². The van der Waals surface area contributed by atoms with Gasteiger partial charge >= 0.3 is 6.03 Å². The molecule has 0 aromatic carbocycles. The van der Waals surface area contributed by atoms with Crippen molar-refractivity contribution in [3.05, 3.63) is 0 Å². The van der Waals surface area contributed by atoms with Crippen LogP contribution < -0.4 is 21.7 Å². The van der Waals surface area contributed by atoms with E-state index in [9.17, 15) is 28.8 Å². The predicted molar refractivity (Wildman–Crippen MR) is 210 cm³/mol. The van der Waals surface area contributed by atoms with Gasteiger partial charge in [-0.05, 0) is 71.5 Å². The summed E-state index contributed by atoms with van der Waals surface area (Å²) in [7, 11) is 0. The van der Waals surface area contributed by atoms with E-state index in [0.717, 1.165) is 51.4 Å². The number of hydrogen-bond donors (Lipinski definition) is 4. The number of Topliss-reactive ketones (excluding diaryl/α,β-unsaturated/α-hetero) is 1. The average Bonchev–Trinajstić information content (AvgIpc) is 3.57. The number of rotatable bonds is 13. The molecular weight excluding hydrogens is 700 g/mol. The Morgan fingerprint density at radius 2 is 1.45 bits per heavy atom. The van der Waals surface area contributed by atoms with E-state index in [1.165, 1.54) is 11.8 Å². The minimum absolute atomic E-state index is 0.0197. The Morgan fingerprint density at radius 3 is 1.96 bits per heavy atom. The van der Waals surface area contributed by atoms with Gasteiger partial charge in [0.1, 0.15) is 12.1 Å². The molecule has 1 heterocycles. The standard InChI is InChI=1S/C42H70N6O7/c1-25(49)47(31(50)22-39(2,3)4)24-30(40(5,6)7)45-38(55)46-34(42(10)18-12-11-13-19-42)37(54)48-23-28-27(17-20-41(28,8)9)32(48)36(53)44-29(33(51)35(43)52)21-26-15-14-16-26/h26-30,32,34H,11-24H2,1-10H3,(H2,43,52)(H,44,53)(H2,45,46,55)/t27-,28-,29?,30+,32-,34+/m0/s1. The average molecular weight is 771 g/mol. The minimum Gasteiger partial charge on any atom is -0.363 e. The van der Waals surface area contributed by atoms with E-state index in [0.29, 0.717) is 25.8 Å². The number of nitrogens with one attached hydrogen (secondary N) is 3. The van der Waals surface area contributed by atoms with Crippen LogP contribution in [0.2, 0.25) is 0 Å². The topological polar surface area (TPSA) is 188 Å². The quantitative estimate of drug-likeness (QED) is 0.193. The van der Waals surface area contributed by atoms with Crippen LogP contribution in [0.3, 0.4) is 0 Å². The van der Waals surface area contributed by atoms with Crippen molar-refractivity contribution in [2.24, 2.45) is 45.1 Å². The van der Waals surface area contributed by atoms with Crippen molar-refractivity contribution < 1.29 is 33.6 Å². The zero-order chi connectivity index (χ0) is 41.3. The van der Waals surface area contributed by atoms with E-state index in [1.54, 1.807) is 4.90 Å². The molecule has 5 N–H and O–H groups in total. The molecule has 13 nitrogen and oxygen atoms in total. The van der Waals surface area contributed by atoms with Crippen molar-refractivity contribution in [3.63, 3.8) is 0 Å². The summed E-state index contributed by atoms with van der Waals surface area (Å²) < 4.78 is 0. The number of nitrogens with two attached hydrogens (primary N) is 1. The second-order valence-corrected chi connectivity index (χ2v) is 20.5. The highest BCUT2D eigenvalue weighted by atomic mass is 16.2. The lowest BCUT2D eigenvalue weighted by molar-refractivity contribution is -0.145. The largest absolute Gasteiger partial charge is 0.363 e. The Bertz CT molecular complexity index is 1490. The van der Waals surface area contributed by atoms with Crippen LogP contribution in [0.15, 0.2) is 0 Å². The number of primary amides is 1. The summed E-state index contributed by atoms with van der Waals surface area (Å²) in [5.41, 5.74) is 3.77. The molecule has 310 valence electrons. The lowest BCUT2D eigenvalue weighted by Gasteiger charge is -2.43. The summed E-state index contributed by atoms with van der Waals surface area (Å²) in [6, 6.07) is -4.16. The highest BCUT2D eigenvalue weighted by Gasteiger charge is 2.58. The summed E-state index contributed by atoms with van der Waals surface area (Å²) in [4.78, 5) is 97.7. The van der Waals surface area contributed by atoms with Gasteiger partial charge in [-0.1, -0.05) is 101 Å². The van der Waals surface area contributed by atoms with Crippen molar-refractivity contribution in [1.29, 1.82) is 0 Å². The zero-order valence-corrected chi connectivity index (χ0v) is 35.3. The second-order valence-electron chi connectivity index (χ2n) is 20.5. The molecule has 0 bridgehead atoms. The summed E-state index contributed by atoms with van der Waals surface area (Å²) in [6.07, 6.45) is 9.13. The highest BCUT2D eigenvalue weighted by Crippen LogP contribution is 2.53. The van der Waals surface area contributed by atoms with E-state index in [1.807, 2.05) is 48.5 Å². The Balaban J connectivity index is 1.64. The van der Waals surface area contributed by atoms with Gasteiger partial charge in [0.25, 0.3) is 5.91 Å². The molecule has 1 unspecified atom stereocenters. The molecule has 6 atom stereocenters. The number of amides is 7. The summed E-state index contributed by atoms with van der Waals surface area (Å²) in [5, 5.41) is 8.97. The lowest BCUT2D eigenvalue weighted by Crippen LogP contribution is -2.63. The highest BCUT2D eigenvalue weighted by molar-refractivity contribution is 6.37. The maximum Gasteiger partial charge on any atom is 0.315 e. The maximum atomic E-state index is 15.1. The van der Waals surface area contributed by atoms with Crippen LogP contribution in [-0.4, -0.2) is 88.4 Å². The van der Waals surface area contributed by atoms with E-state index in [2.05, 4.69) is 29.8 Å². The zero-order valence-electron chi connectivity index (χ0n) is 35.3. The summed E-state index contributed by atoms with van der Waals surface area (Å²) in [5.74, 6) is -3.40. The van der Waals surface area contributed by atoms with Gasteiger partial charge in [0.15, 0.2) is 0 Å². The third-order valence-corrected chi connectivity index (χ3v) is 13.3. The smallest absolute Gasteiger partial charge is 0.315 e. The Hall–Kier alpha value is -3.51. The van der Waals surface area contributed by atoms with Gasteiger partial charge < -0.3 is 26.6 Å². The molecular formula is C42H70N6O7. The number of imide groups is 1. The van der Waals surface area contributed by atoms with Crippen LogP contribution in [0.5, 0.6) is 0 Å². The first kappa shape index (κ1) is 44.2. The molecule has 0 aromatic heterocycles. The Kier molecular flexibility index (Phi) is 13.6. The van der Waals surface area contributed by atoms with Crippen LogP contribution in [-0.2, 0) is 28.8 Å². The van der Waals surface area contributed by atoms with Crippen molar-refractivity contribution in [3.8, 4) is 0 Å². The van der Waals surface area contributed by atoms with E-state index in [-0.39, 0.29) is 53.4 Å². The Labute approximate surface area is 328 Å². The fourth-order valence-corrected chi connectivity index (χ4v) is 9.46. The summed E-state index contributed by atoms with van der Waals surface area (Å²) >= 11 is 0. The monoisotopic (exact) mass is 771 g/mol. The Morgan fingerprint density at radius 1 is 0.836 bits per heavy atom. The SMILES string of the molecule is CC(=O)N(C[C@@H](NC(=O)N[C@H](C(=O)N1C[C@H]2[C@H](CCC2(C)C)[C@H]1C(=O)NC(CC1CCC1)C(=O)C(N)=O)C1(C)CCCCC1)C(C)(C)C)C(=O)CC(C)(C)C. The van der Waals surface area contributed by atoms with E-state index < -0.39 is 64.5 Å². The van der Waals surface area contributed by atoms with Gasteiger partial charge in [-0.15, -0.1) is 0 Å². The number of ketones is 1. The second kappa shape index (κ2) is 16.9. The molecule has 13 heteroatoms. The van der Waals surface area contributed by atoms with Crippen molar-refractivity contribution in [2.45, 2.75) is 170 Å². The molecule has 1 saturated heterocycles. The predicted octanol–water partition coefficient (Wildman–Crippen LogP) is 4.84. The fourth-order valence-electron chi connectivity index (χ4n) is 9.46. The van der Waals surface area contributed by atoms with E-state index in [4.69, 9.17) is 5.73 Å². The fraction of sp³-hybridized carbons (Fsp3) is 0.833. The lowest BCUT2D eigenvalue weighted by atomic mass is 9.70. The minimum atomic E-state index is -1.09. The van der Waals surface area contributed by atoms with Gasteiger partial charge in [-0.3, -0.25) is 33.7 Å². The van der Waals surface area contributed by atoms with Crippen LogP contribution in [0.4, 0.5) is 4.79 Å². The molecule has 4 aliphatic rings. The van der Waals surface area contributed by atoms with E-state index >= 15 is 4.79 Å². The van der Waals surface area contributed by atoms with Crippen LogP contribution in [0.25, 0.3) is 0 Å². The van der Waals surface area contributed by atoms with Crippen LogP contribution >= 0.6 is 0 Å². The number of likely N-dealkylation sites (tertiary alicyclic amines) is 1. The van der Waals surface area contributed by atoms with Crippen molar-refractivity contribution >= 4 is 41.4 Å².